The lowest BCUT2D eigenvalue weighted by Gasteiger charge is -2.05. The summed E-state index contributed by atoms with van der Waals surface area (Å²) in [5, 5.41) is 8.85. The molecular formula is C16H15NS. The summed E-state index contributed by atoms with van der Waals surface area (Å²) in [6, 6.07) is 18.5. The second-order valence-electron chi connectivity index (χ2n) is 4.23. The zero-order valence-electron chi connectivity index (χ0n) is 10.4. The van der Waals surface area contributed by atoms with Crippen LogP contribution in [0, 0.1) is 18.3 Å². The van der Waals surface area contributed by atoms with Crippen molar-refractivity contribution < 1.29 is 0 Å². The van der Waals surface area contributed by atoms with Gasteiger partial charge in [0.2, 0.25) is 0 Å². The zero-order chi connectivity index (χ0) is 12.8. The fourth-order valence-corrected chi connectivity index (χ4v) is 2.84. The van der Waals surface area contributed by atoms with Gasteiger partial charge in [0, 0.05) is 11.5 Å². The molecule has 0 aromatic heterocycles. The van der Waals surface area contributed by atoms with Gasteiger partial charge in [-0.3, -0.25) is 0 Å². The second-order valence-corrected chi connectivity index (χ2v) is 5.22. The Morgan fingerprint density at radius 3 is 2.67 bits per heavy atom. The Morgan fingerprint density at radius 1 is 1.06 bits per heavy atom. The van der Waals surface area contributed by atoms with Crippen molar-refractivity contribution in [2.45, 2.75) is 18.4 Å². The molecular weight excluding hydrogens is 238 g/mol. The largest absolute Gasteiger partial charge is 0.192 e. The summed E-state index contributed by atoms with van der Waals surface area (Å²) in [7, 11) is 0. The Labute approximate surface area is 112 Å². The Bertz CT molecular complexity index is 569. The molecule has 0 saturated carbocycles. The SMILES string of the molecule is Cc1ccccc1CSCc1cccc(C#N)c1. The third-order valence-corrected chi connectivity index (χ3v) is 3.90. The Morgan fingerprint density at radius 2 is 1.89 bits per heavy atom. The van der Waals surface area contributed by atoms with Gasteiger partial charge in [-0.05, 0) is 35.7 Å². The number of hydrogen-bond acceptors (Lipinski definition) is 2. The summed E-state index contributed by atoms with van der Waals surface area (Å²) >= 11 is 1.88. The average molecular weight is 253 g/mol. The number of rotatable bonds is 4. The van der Waals surface area contributed by atoms with Gasteiger partial charge in [0.25, 0.3) is 0 Å². The molecule has 0 fully saturated rings. The van der Waals surface area contributed by atoms with Gasteiger partial charge in [-0.1, -0.05) is 36.4 Å². The predicted molar refractivity (Wildman–Crippen MR) is 77.3 cm³/mol. The Kier molecular flexibility index (Phi) is 4.44. The molecule has 0 aliphatic carbocycles. The maximum absolute atomic E-state index is 8.85. The van der Waals surface area contributed by atoms with Crippen LogP contribution >= 0.6 is 11.8 Å². The molecule has 0 N–H and O–H groups in total. The molecule has 18 heavy (non-hydrogen) atoms. The zero-order valence-corrected chi connectivity index (χ0v) is 11.2. The predicted octanol–water partition coefficient (Wildman–Crippen LogP) is 4.30. The highest BCUT2D eigenvalue weighted by molar-refractivity contribution is 7.97. The first-order chi connectivity index (χ1) is 8.79. The van der Waals surface area contributed by atoms with Crippen LogP contribution < -0.4 is 0 Å². The molecule has 0 unspecified atom stereocenters. The van der Waals surface area contributed by atoms with Crippen molar-refractivity contribution in [2.24, 2.45) is 0 Å². The molecule has 0 radical (unpaired) electrons. The van der Waals surface area contributed by atoms with Crippen molar-refractivity contribution in [1.29, 1.82) is 5.26 Å². The lowest BCUT2D eigenvalue weighted by Crippen LogP contribution is -1.87. The van der Waals surface area contributed by atoms with Gasteiger partial charge >= 0.3 is 0 Å². The van der Waals surface area contributed by atoms with E-state index in [1.807, 2.05) is 30.0 Å². The van der Waals surface area contributed by atoms with Gasteiger partial charge in [0.1, 0.15) is 0 Å². The van der Waals surface area contributed by atoms with Crippen LogP contribution in [0.4, 0.5) is 0 Å². The molecule has 1 nitrogen and oxygen atoms in total. The van der Waals surface area contributed by atoms with Gasteiger partial charge in [-0.25, -0.2) is 0 Å². The third-order valence-electron chi connectivity index (χ3n) is 2.84. The topological polar surface area (TPSA) is 23.8 Å². The highest BCUT2D eigenvalue weighted by atomic mass is 32.2. The van der Waals surface area contributed by atoms with E-state index < -0.39 is 0 Å². The van der Waals surface area contributed by atoms with Crippen LogP contribution in [0.3, 0.4) is 0 Å². The van der Waals surface area contributed by atoms with E-state index in [4.69, 9.17) is 5.26 Å². The lowest BCUT2D eigenvalue weighted by atomic mass is 10.1. The second kappa shape index (κ2) is 6.28. The maximum Gasteiger partial charge on any atom is 0.0991 e. The van der Waals surface area contributed by atoms with E-state index in [2.05, 4.69) is 43.3 Å². The number of nitrogens with zero attached hydrogens (tertiary/aromatic N) is 1. The van der Waals surface area contributed by atoms with Gasteiger partial charge in [-0.2, -0.15) is 17.0 Å². The fourth-order valence-electron chi connectivity index (χ4n) is 1.78. The minimum absolute atomic E-state index is 0.740. The van der Waals surface area contributed by atoms with E-state index in [-0.39, 0.29) is 0 Å². The summed E-state index contributed by atoms with van der Waals surface area (Å²) in [5.41, 5.74) is 4.69. The van der Waals surface area contributed by atoms with Crippen LogP contribution in [-0.4, -0.2) is 0 Å². The number of aryl methyl sites for hydroxylation is 1. The van der Waals surface area contributed by atoms with E-state index in [1.165, 1.54) is 16.7 Å². The molecule has 2 aromatic rings. The van der Waals surface area contributed by atoms with Crippen molar-refractivity contribution in [3.8, 4) is 6.07 Å². The fraction of sp³-hybridized carbons (Fsp3) is 0.188. The third kappa shape index (κ3) is 3.38. The number of thioether (sulfide) groups is 1. The minimum atomic E-state index is 0.740. The average Bonchev–Trinajstić information content (AvgIpc) is 2.41. The van der Waals surface area contributed by atoms with Crippen LogP contribution in [0.2, 0.25) is 0 Å². The summed E-state index contributed by atoms with van der Waals surface area (Å²) in [5.74, 6) is 1.97. The highest BCUT2D eigenvalue weighted by Crippen LogP contribution is 2.20. The molecule has 0 heterocycles. The van der Waals surface area contributed by atoms with E-state index in [1.54, 1.807) is 0 Å². The number of hydrogen-bond donors (Lipinski definition) is 0. The first-order valence-corrected chi connectivity index (χ1v) is 7.06. The minimum Gasteiger partial charge on any atom is -0.192 e. The summed E-state index contributed by atoms with van der Waals surface area (Å²) in [4.78, 5) is 0. The van der Waals surface area contributed by atoms with E-state index in [0.717, 1.165) is 17.1 Å². The van der Waals surface area contributed by atoms with Gasteiger partial charge < -0.3 is 0 Å². The van der Waals surface area contributed by atoms with Crippen LogP contribution in [0.1, 0.15) is 22.3 Å². The van der Waals surface area contributed by atoms with Gasteiger partial charge in [0.15, 0.2) is 0 Å². The van der Waals surface area contributed by atoms with E-state index in [0.29, 0.717) is 0 Å². The Hall–Kier alpha value is -1.72. The first-order valence-electron chi connectivity index (χ1n) is 5.91. The highest BCUT2D eigenvalue weighted by Gasteiger charge is 1.99. The van der Waals surface area contributed by atoms with Crippen LogP contribution in [-0.2, 0) is 11.5 Å². The molecule has 2 aromatic carbocycles. The molecule has 0 bridgehead atoms. The summed E-state index contributed by atoms with van der Waals surface area (Å²) < 4.78 is 0. The molecule has 2 heteroatoms. The molecule has 0 spiro atoms. The van der Waals surface area contributed by atoms with Crippen LogP contribution in [0.25, 0.3) is 0 Å². The number of nitriles is 1. The smallest absolute Gasteiger partial charge is 0.0991 e. The normalized spacial score (nSPS) is 10.0. The van der Waals surface area contributed by atoms with Gasteiger partial charge in [-0.15, -0.1) is 0 Å². The Balaban J connectivity index is 1.93. The van der Waals surface area contributed by atoms with Crippen molar-refractivity contribution in [3.63, 3.8) is 0 Å². The monoisotopic (exact) mass is 253 g/mol. The molecule has 0 aliphatic heterocycles. The molecule has 2 rings (SSSR count). The molecule has 0 amide bonds. The quantitative estimate of drug-likeness (QED) is 0.811. The standard InChI is InChI=1S/C16H15NS/c1-13-5-2-3-8-16(13)12-18-11-15-7-4-6-14(9-15)10-17/h2-9H,11-12H2,1H3. The van der Waals surface area contributed by atoms with E-state index >= 15 is 0 Å². The first kappa shape index (κ1) is 12.7. The van der Waals surface area contributed by atoms with E-state index in [9.17, 15) is 0 Å². The lowest BCUT2D eigenvalue weighted by molar-refractivity contribution is 1.29. The van der Waals surface area contributed by atoms with Gasteiger partial charge in [0.05, 0.1) is 11.6 Å². The summed E-state index contributed by atoms with van der Waals surface area (Å²) in [6.45, 7) is 2.15. The van der Waals surface area contributed by atoms with Crippen LogP contribution in [0.5, 0.6) is 0 Å². The van der Waals surface area contributed by atoms with Crippen molar-refractivity contribution >= 4 is 11.8 Å². The molecule has 0 saturated heterocycles. The molecule has 0 atom stereocenters. The van der Waals surface area contributed by atoms with Crippen LogP contribution in [0.15, 0.2) is 48.5 Å². The molecule has 0 aliphatic rings. The summed E-state index contributed by atoms with van der Waals surface area (Å²) in [6.07, 6.45) is 0. The van der Waals surface area contributed by atoms with Crippen molar-refractivity contribution in [3.05, 3.63) is 70.8 Å². The van der Waals surface area contributed by atoms with Crippen molar-refractivity contribution in [2.75, 3.05) is 0 Å². The maximum atomic E-state index is 8.85. The number of benzene rings is 2. The molecule has 90 valence electrons. The van der Waals surface area contributed by atoms with Crippen molar-refractivity contribution in [1.82, 2.24) is 0 Å².